The Bertz CT molecular complexity index is 250. The lowest BCUT2D eigenvalue weighted by molar-refractivity contribution is -0.00917. The van der Waals surface area contributed by atoms with Crippen LogP contribution in [-0.2, 0) is 0 Å². The molecule has 0 aliphatic rings. The van der Waals surface area contributed by atoms with Crippen LogP contribution < -0.4 is 5.73 Å². The molecule has 1 atom stereocenters. The van der Waals surface area contributed by atoms with Crippen LogP contribution in [0.2, 0.25) is 0 Å². The quantitative estimate of drug-likeness (QED) is 0.209. The average Bonchev–Trinajstić information content (AvgIpc) is 2.54. The number of unbranched alkanes of at least 4 members (excludes halogenated alkanes) is 15. The van der Waals surface area contributed by atoms with Gasteiger partial charge in [0.25, 0.3) is 0 Å². The first-order valence-electron chi connectivity index (χ1n) is 11.0. The summed E-state index contributed by atoms with van der Waals surface area (Å²) in [6.45, 7) is 6.27. The van der Waals surface area contributed by atoms with Gasteiger partial charge in [-0.15, -0.1) is 0 Å². The van der Waals surface area contributed by atoms with E-state index in [2.05, 4.69) is 6.92 Å². The summed E-state index contributed by atoms with van der Waals surface area (Å²) in [7, 11) is 0. The van der Waals surface area contributed by atoms with Crippen molar-refractivity contribution in [1.29, 1.82) is 0 Å². The third kappa shape index (κ3) is 15.4. The number of hydrogen-bond donors (Lipinski definition) is 2. The lowest BCUT2D eigenvalue weighted by atomic mass is 9.94. The van der Waals surface area contributed by atoms with E-state index in [1.807, 2.05) is 13.8 Å². The van der Waals surface area contributed by atoms with Crippen LogP contribution in [0.3, 0.4) is 0 Å². The van der Waals surface area contributed by atoms with Crippen molar-refractivity contribution in [2.45, 2.75) is 136 Å². The lowest BCUT2D eigenvalue weighted by Crippen LogP contribution is -2.44. The van der Waals surface area contributed by atoms with Gasteiger partial charge in [0.05, 0.1) is 0 Å². The molecule has 0 aromatic rings. The zero-order valence-corrected chi connectivity index (χ0v) is 17.1. The van der Waals surface area contributed by atoms with Crippen molar-refractivity contribution in [2.24, 2.45) is 11.7 Å². The van der Waals surface area contributed by atoms with Gasteiger partial charge in [0.2, 0.25) is 0 Å². The van der Waals surface area contributed by atoms with E-state index in [1.165, 1.54) is 96.3 Å². The monoisotopic (exact) mass is 341 g/mol. The Labute approximate surface area is 153 Å². The molecule has 0 bridgehead atoms. The number of rotatable bonds is 18. The van der Waals surface area contributed by atoms with E-state index >= 15 is 0 Å². The molecule has 146 valence electrons. The lowest BCUT2D eigenvalue weighted by Gasteiger charge is -2.27. The van der Waals surface area contributed by atoms with Crippen LogP contribution in [0.25, 0.3) is 0 Å². The third-order valence-corrected chi connectivity index (χ3v) is 5.43. The van der Waals surface area contributed by atoms with Crippen LogP contribution in [0, 0.1) is 5.92 Å². The van der Waals surface area contributed by atoms with E-state index < -0.39 is 5.72 Å². The fourth-order valence-electron chi connectivity index (χ4n) is 3.24. The molecule has 2 heteroatoms. The second-order valence-electron chi connectivity index (χ2n) is 8.20. The fourth-order valence-corrected chi connectivity index (χ4v) is 3.24. The summed E-state index contributed by atoms with van der Waals surface area (Å²) in [4.78, 5) is 0. The van der Waals surface area contributed by atoms with E-state index in [4.69, 9.17) is 5.73 Å². The molecule has 0 aliphatic heterocycles. The molecule has 0 spiro atoms. The summed E-state index contributed by atoms with van der Waals surface area (Å²) in [6.07, 6.45) is 22.8. The molecule has 0 heterocycles. The molecule has 3 N–H and O–H groups in total. The Morgan fingerprint density at radius 1 is 0.625 bits per heavy atom. The average molecular weight is 342 g/mol. The van der Waals surface area contributed by atoms with Gasteiger partial charge in [0.15, 0.2) is 0 Å². The second-order valence-corrected chi connectivity index (χ2v) is 8.20. The predicted molar refractivity (Wildman–Crippen MR) is 108 cm³/mol. The van der Waals surface area contributed by atoms with Gasteiger partial charge >= 0.3 is 0 Å². The van der Waals surface area contributed by atoms with Crippen LogP contribution >= 0.6 is 0 Å². The van der Waals surface area contributed by atoms with Crippen molar-refractivity contribution in [3.05, 3.63) is 0 Å². The Morgan fingerprint density at radius 3 is 1.21 bits per heavy atom. The van der Waals surface area contributed by atoms with Gasteiger partial charge in [-0.3, -0.25) is 0 Å². The van der Waals surface area contributed by atoms with Crippen LogP contribution in [0.5, 0.6) is 0 Å². The molecule has 2 nitrogen and oxygen atoms in total. The highest BCUT2D eigenvalue weighted by molar-refractivity contribution is 4.74. The molecule has 0 fully saturated rings. The van der Waals surface area contributed by atoms with E-state index in [1.54, 1.807) is 0 Å². The van der Waals surface area contributed by atoms with Gasteiger partial charge in [-0.2, -0.15) is 0 Å². The maximum Gasteiger partial charge on any atom is 0.115 e. The minimum Gasteiger partial charge on any atom is -0.376 e. The summed E-state index contributed by atoms with van der Waals surface area (Å²) >= 11 is 0. The second kappa shape index (κ2) is 16.4. The van der Waals surface area contributed by atoms with Crippen molar-refractivity contribution in [1.82, 2.24) is 0 Å². The summed E-state index contributed by atoms with van der Waals surface area (Å²) in [5, 5.41) is 9.98. The Morgan fingerprint density at radius 2 is 0.917 bits per heavy atom. The minimum absolute atomic E-state index is 0.147. The van der Waals surface area contributed by atoms with Crippen molar-refractivity contribution in [3.8, 4) is 0 Å². The first kappa shape index (κ1) is 23.9. The molecule has 0 radical (unpaired) electrons. The van der Waals surface area contributed by atoms with Gasteiger partial charge < -0.3 is 10.8 Å². The Kier molecular flexibility index (Phi) is 16.3. The van der Waals surface area contributed by atoms with E-state index in [0.29, 0.717) is 0 Å². The summed E-state index contributed by atoms with van der Waals surface area (Å²) in [6, 6.07) is 0. The maximum atomic E-state index is 9.98. The van der Waals surface area contributed by atoms with Crippen LogP contribution in [0.1, 0.15) is 130 Å². The molecule has 0 rings (SSSR count). The van der Waals surface area contributed by atoms with Gasteiger partial charge in [-0.1, -0.05) is 117 Å². The fraction of sp³-hybridized carbons (Fsp3) is 1.00. The van der Waals surface area contributed by atoms with E-state index in [9.17, 15) is 5.11 Å². The number of aliphatic hydroxyl groups is 1. The summed E-state index contributed by atoms with van der Waals surface area (Å²) < 4.78 is 0. The standard InChI is InChI=1S/C22H47NO/c1-4-5-6-7-8-9-10-11-12-13-14-15-16-17-18-19-20-22(23,24)21(2)3/h21,24H,4-20,23H2,1-3H3. The number of nitrogens with two attached hydrogens (primary N) is 1. The van der Waals surface area contributed by atoms with E-state index in [0.717, 1.165) is 12.8 Å². The van der Waals surface area contributed by atoms with Crippen LogP contribution in [-0.4, -0.2) is 10.8 Å². The number of hydrogen-bond acceptors (Lipinski definition) is 2. The molecule has 0 aromatic heterocycles. The zero-order chi connectivity index (χ0) is 18.1. The highest BCUT2D eigenvalue weighted by Gasteiger charge is 2.24. The molecule has 1 unspecified atom stereocenters. The van der Waals surface area contributed by atoms with Gasteiger partial charge in [-0.05, 0) is 18.8 Å². The van der Waals surface area contributed by atoms with Gasteiger partial charge in [0.1, 0.15) is 5.72 Å². The molecular weight excluding hydrogens is 294 g/mol. The van der Waals surface area contributed by atoms with E-state index in [-0.39, 0.29) is 5.92 Å². The minimum atomic E-state index is -0.962. The SMILES string of the molecule is CCCCCCCCCCCCCCCCCCC(N)(O)C(C)C. The molecule has 0 aromatic carbocycles. The van der Waals surface area contributed by atoms with Crippen LogP contribution in [0.4, 0.5) is 0 Å². The van der Waals surface area contributed by atoms with Gasteiger partial charge in [0, 0.05) is 0 Å². The summed E-state index contributed by atoms with van der Waals surface area (Å²) in [5.41, 5.74) is 4.91. The molecule has 0 saturated heterocycles. The van der Waals surface area contributed by atoms with Gasteiger partial charge in [-0.25, -0.2) is 0 Å². The Hall–Kier alpha value is -0.0800. The van der Waals surface area contributed by atoms with Crippen molar-refractivity contribution in [3.63, 3.8) is 0 Å². The van der Waals surface area contributed by atoms with Crippen molar-refractivity contribution in [2.75, 3.05) is 0 Å². The normalized spacial score (nSPS) is 14.2. The summed E-state index contributed by atoms with van der Waals surface area (Å²) in [5.74, 6) is 0.147. The largest absolute Gasteiger partial charge is 0.376 e. The Balaban J connectivity index is 3.13. The molecule has 0 amide bonds. The molecular formula is C22H47NO. The topological polar surface area (TPSA) is 46.2 Å². The molecule has 24 heavy (non-hydrogen) atoms. The highest BCUT2D eigenvalue weighted by Crippen LogP contribution is 2.19. The first-order valence-corrected chi connectivity index (χ1v) is 11.0. The predicted octanol–water partition coefficient (Wildman–Crippen LogP) is 6.94. The van der Waals surface area contributed by atoms with Crippen molar-refractivity contribution < 1.29 is 5.11 Å². The van der Waals surface area contributed by atoms with Crippen LogP contribution in [0.15, 0.2) is 0 Å². The first-order chi connectivity index (χ1) is 11.5. The smallest absolute Gasteiger partial charge is 0.115 e. The highest BCUT2D eigenvalue weighted by atomic mass is 16.3. The maximum absolute atomic E-state index is 9.98. The molecule has 0 saturated carbocycles. The molecule has 0 aliphatic carbocycles. The third-order valence-electron chi connectivity index (χ3n) is 5.43. The van der Waals surface area contributed by atoms with Crippen molar-refractivity contribution >= 4 is 0 Å². The zero-order valence-electron chi connectivity index (χ0n) is 17.1.